The van der Waals surface area contributed by atoms with Crippen LogP contribution < -0.4 is 0 Å². The molecule has 21 heavy (non-hydrogen) atoms. The Morgan fingerprint density at radius 2 is 1.90 bits per heavy atom. The van der Waals surface area contributed by atoms with Gasteiger partial charge in [0.05, 0.1) is 7.05 Å². The van der Waals surface area contributed by atoms with E-state index in [1.807, 2.05) is 7.05 Å². The Bertz CT molecular complexity index is 648. The van der Waals surface area contributed by atoms with Crippen molar-refractivity contribution in [1.82, 2.24) is 4.90 Å². The predicted molar refractivity (Wildman–Crippen MR) is 79.9 cm³/mol. The van der Waals surface area contributed by atoms with Crippen molar-refractivity contribution in [2.24, 2.45) is 0 Å². The SMILES string of the molecule is CCC1(C)c2cc(F)cc(F)c2C2=[N+](C)CCN2C1(C)C. The van der Waals surface area contributed by atoms with Gasteiger partial charge in [-0.15, -0.1) is 0 Å². The summed E-state index contributed by atoms with van der Waals surface area (Å²) in [4.78, 5) is 2.29. The van der Waals surface area contributed by atoms with Crippen LogP contribution in [0.2, 0.25) is 0 Å². The zero-order chi connectivity index (χ0) is 15.6. The number of fused-ring (bicyclic) bond motifs is 3. The van der Waals surface area contributed by atoms with Gasteiger partial charge in [0.2, 0.25) is 0 Å². The van der Waals surface area contributed by atoms with Gasteiger partial charge in [-0.3, -0.25) is 9.48 Å². The van der Waals surface area contributed by atoms with Crippen LogP contribution in [0.4, 0.5) is 8.78 Å². The largest absolute Gasteiger partial charge is 0.283 e. The molecule has 114 valence electrons. The molecule has 0 saturated carbocycles. The van der Waals surface area contributed by atoms with E-state index in [0.717, 1.165) is 37.0 Å². The Balaban J connectivity index is 2.42. The van der Waals surface area contributed by atoms with Crippen LogP contribution in [0.15, 0.2) is 12.1 Å². The van der Waals surface area contributed by atoms with Crippen LogP contribution in [-0.2, 0) is 5.41 Å². The number of rotatable bonds is 1. The van der Waals surface area contributed by atoms with E-state index in [1.165, 1.54) is 6.07 Å². The number of amidine groups is 1. The molecular formula is C17H23F2N2+. The van der Waals surface area contributed by atoms with Crippen molar-refractivity contribution in [3.8, 4) is 0 Å². The first-order chi connectivity index (χ1) is 9.74. The molecule has 0 N–H and O–H groups in total. The molecule has 1 aromatic rings. The lowest BCUT2D eigenvalue weighted by Gasteiger charge is -2.50. The van der Waals surface area contributed by atoms with Crippen molar-refractivity contribution in [2.75, 3.05) is 20.1 Å². The maximum absolute atomic E-state index is 14.6. The minimum absolute atomic E-state index is 0.185. The number of benzene rings is 1. The number of nitrogens with zero attached hydrogens (tertiary/aromatic N) is 2. The van der Waals surface area contributed by atoms with E-state index in [9.17, 15) is 8.78 Å². The molecule has 2 aliphatic heterocycles. The van der Waals surface area contributed by atoms with Crippen LogP contribution in [0, 0.1) is 11.6 Å². The summed E-state index contributed by atoms with van der Waals surface area (Å²) in [5, 5.41) is 0. The standard InChI is InChI=1S/C17H23F2N2/c1-6-17(4)12-9-11(18)10-13(19)14(12)15-20(5)7-8-21(15)16(17,2)3/h9-10H,6-8H2,1-5H3/q+1. The summed E-state index contributed by atoms with van der Waals surface area (Å²) in [6, 6.07) is 2.53. The third kappa shape index (κ3) is 1.65. The molecule has 1 aromatic carbocycles. The summed E-state index contributed by atoms with van der Waals surface area (Å²) < 4.78 is 30.5. The monoisotopic (exact) mass is 293 g/mol. The number of hydrogen-bond acceptors (Lipinski definition) is 1. The van der Waals surface area contributed by atoms with Gasteiger partial charge in [0, 0.05) is 11.5 Å². The molecule has 0 spiro atoms. The lowest BCUT2D eigenvalue weighted by molar-refractivity contribution is -0.486. The molecule has 0 saturated heterocycles. The van der Waals surface area contributed by atoms with Crippen molar-refractivity contribution < 1.29 is 13.4 Å². The first kappa shape index (κ1) is 14.5. The number of likely N-dealkylation sites (N-methyl/N-ethyl adjacent to an activating group) is 1. The fourth-order valence-electron chi connectivity index (χ4n) is 4.02. The second-order valence-electron chi connectivity index (χ2n) is 6.95. The van der Waals surface area contributed by atoms with Crippen LogP contribution in [0.25, 0.3) is 0 Å². The molecule has 2 nitrogen and oxygen atoms in total. The summed E-state index contributed by atoms with van der Waals surface area (Å²) in [6.45, 7) is 10.3. The second kappa shape index (κ2) is 4.28. The lowest BCUT2D eigenvalue weighted by Crippen LogP contribution is -2.62. The van der Waals surface area contributed by atoms with Crippen LogP contribution in [0.1, 0.15) is 45.2 Å². The summed E-state index contributed by atoms with van der Waals surface area (Å²) in [5.74, 6) is -0.0382. The summed E-state index contributed by atoms with van der Waals surface area (Å²) in [7, 11) is 1.98. The highest BCUT2D eigenvalue weighted by molar-refractivity contribution is 6.00. The predicted octanol–water partition coefficient (Wildman–Crippen LogP) is 3.13. The van der Waals surface area contributed by atoms with E-state index < -0.39 is 11.6 Å². The Kier molecular flexibility index (Phi) is 2.95. The Morgan fingerprint density at radius 3 is 2.52 bits per heavy atom. The maximum atomic E-state index is 14.6. The minimum Gasteiger partial charge on any atom is -0.260 e. The maximum Gasteiger partial charge on any atom is 0.283 e. The molecule has 0 amide bonds. The van der Waals surface area contributed by atoms with E-state index in [-0.39, 0.29) is 11.0 Å². The van der Waals surface area contributed by atoms with E-state index in [4.69, 9.17) is 0 Å². The first-order valence-electron chi connectivity index (χ1n) is 7.59. The Morgan fingerprint density at radius 1 is 1.24 bits per heavy atom. The topological polar surface area (TPSA) is 6.25 Å². The van der Waals surface area contributed by atoms with Crippen molar-refractivity contribution in [3.63, 3.8) is 0 Å². The van der Waals surface area contributed by atoms with Gasteiger partial charge in [0.25, 0.3) is 5.84 Å². The lowest BCUT2D eigenvalue weighted by atomic mass is 9.62. The average Bonchev–Trinajstić information content (AvgIpc) is 2.78. The molecule has 1 atom stereocenters. The van der Waals surface area contributed by atoms with Gasteiger partial charge in [-0.1, -0.05) is 13.8 Å². The molecule has 0 radical (unpaired) electrons. The van der Waals surface area contributed by atoms with Gasteiger partial charge in [0.15, 0.2) is 0 Å². The molecule has 0 aromatic heterocycles. The first-order valence-corrected chi connectivity index (χ1v) is 7.59. The van der Waals surface area contributed by atoms with Gasteiger partial charge in [0.1, 0.15) is 35.8 Å². The third-order valence-electron chi connectivity index (χ3n) is 5.88. The van der Waals surface area contributed by atoms with Crippen molar-refractivity contribution in [3.05, 3.63) is 34.9 Å². The van der Waals surface area contributed by atoms with Gasteiger partial charge < -0.3 is 0 Å². The minimum atomic E-state index is -0.489. The van der Waals surface area contributed by atoms with Gasteiger partial charge in [-0.25, -0.2) is 8.78 Å². The van der Waals surface area contributed by atoms with E-state index in [2.05, 4.69) is 37.2 Å². The smallest absolute Gasteiger partial charge is 0.260 e. The Labute approximate surface area is 125 Å². The molecule has 0 bridgehead atoms. The van der Waals surface area contributed by atoms with Crippen LogP contribution in [0.5, 0.6) is 0 Å². The molecule has 0 fully saturated rings. The van der Waals surface area contributed by atoms with Crippen molar-refractivity contribution in [2.45, 2.75) is 45.1 Å². The number of halogens is 2. The van der Waals surface area contributed by atoms with Crippen LogP contribution in [0.3, 0.4) is 0 Å². The average molecular weight is 293 g/mol. The summed E-state index contributed by atoms with van der Waals surface area (Å²) in [5.41, 5.74) is 0.905. The van der Waals surface area contributed by atoms with E-state index in [0.29, 0.717) is 5.56 Å². The number of hydrogen-bond donors (Lipinski definition) is 0. The fraction of sp³-hybridized carbons (Fsp3) is 0.588. The molecule has 3 rings (SSSR count). The van der Waals surface area contributed by atoms with Gasteiger partial charge in [-0.2, -0.15) is 0 Å². The Hall–Kier alpha value is -1.45. The van der Waals surface area contributed by atoms with E-state index >= 15 is 0 Å². The second-order valence-corrected chi connectivity index (χ2v) is 6.95. The van der Waals surface area contributed by atoms with Crippen LogP contribution >= 0.6 is 0 Å². The highest BCUT2D eigenvalue weighted by atomic mass is 19.1. The van der Waals surface area contributed by atoms with Gasteiger partial charge >= 0.3 is 0 Å². The van der Waals surface area contributed by atoms with Crippen molar-refractivity contribution in [1.29, 1.82) is 0 Å². The zero-order valence-electron chi connectivity index (χ0n) is 13.4. The quantitative estimate of drug-likeness (QED) is 0.721. The van der Waals surface area contributed by atoms with E-state index in [1.54, 1.807) is 0 Å². The third-order valence-corrected chi connectivity index (χ3v) is 5.88. The molecule has 1 unspecified atom stereocenters. The van der Waals surface area contributed by atoms with Crippen molar-refractivity contribution >= 4 is 5.84 Å². The van der Waals surface area contributed by atoms with Gasteiger partial charge in [-0.05, 0) is 31.9 Å². The molecule has 2 aliphatic rings. The summed E-state index contributed by atoms with van der Waals surface area (Å²) >= 11 is 0. The summed E-state index contributed by atoms with van der Waals surface area (Å²) in [6.07, 6.45) is 0.837. The fourth-order valence-corrected chi connectivity index (χ4v) is 4.02. The highest BCUT2D eigenvalue weighted by Crippen LogP contribution is 2.49. The molecule has 2 heterocycles. The molecule has 0 aliphatic carbocycles. The molecular weight excluding hydrogens is 270 g/mol. The molecule has 4 heteroatoms. The normalized spacial score (nSPS) is 26.9. The zero-order valence-corrected chi connectivity index (χ0v) is 13.4. The van der Waals surface area contributed by atoms with Crippen LogP contribution in [-0.4, -0.2) is 41.0 Å². The highest BCUT2D eigenvalue weighted by Gasteiger charge is 2.58.